The topological polar surface area (TPSA) is 75.5 Å². The minimum absolute atomic E-state index is 0.0471. The van der Waals surface area contributed by atoms with E-state index < -0.39 is 0 Å². The number of aryl methyl sites for hydroxylation is 1. The summed E-state index contributed by atoms with van der Waals surface area (Å²) in [5.41, 5.74) is 2.20. The zero-order valence-electron chi connectivity index (χ0n) is 12.5. The largest absolute Gasteiger partial charge is 0.332 e. The standard InChI is InChI=1S/C15H18N4O2S/c1-9-3-4-19-12(5-9)17-11(7-14(19)21)8-22-15-16-10(2)6-13(20)18-15/h3-5,7,10,15-16H,6,8H2,1-2H3,(H,18,20). The van der Waals surface area contributed by atoms with E-state index in [0.717, 1.165) is 11.3 Å². The Labute approximate surface area is 132 Å². The molecule has 3 rings (SSSR count). The van der Waals surface area contributed by atoms with Crippen molar-refractivity contribution in [2.75, 3.05) is 0 Å². The Kier molecular flexibility index (Phi) is 4.17. The number of aromatic nitrogens is 2. The summed E-state index contributed by atoms with van der Waals surface area (Å²) < 4.78 is 1.53. The van der Waals surface area contributed by atoms with Crippen LogP contribution in [0.1, 0.15) is 24.6 Å². The minimum atomic E-state index is -0.144. The SMILES string of the molecule is Cc1ccn2c(=O)cc(CSC3NC(=O)CC(C)N3)nc2c1. The highest BCUT2D eigenvalue weighted by atomic mass is 32.2. The molecule has 1 fully saturated rings. The van der Waals surface area contributed by atoms with Crippen molar-refractivity contribution in [2.24, 2.45) is 0 Å². The van der Waals surface area contributed by atoms with Crippen LogP contribution in [0.4, 0.5) is 0 Å². The highest BCUT2D eigenvalue weighted by Crippen LogP contribution is 2.16. The lowest BCUT2D eigenvalue weighted by molar-refractivity contribution is -0.123. The van der Waals surface area contributed by atoms with Crippen molar-refractivity contribution in [1.29, 1.82) is 0 Å². The molecule has 3 heterocycles. The number of nitrogens with zero attached hydrogens (tertiary/aromatic N) is 2. The second kappa shape index (κ2) is 6.10. The van der Waals surface area contributed by atoms with Crippen LogP contribution in [-0.4, -0.2) is 26.8 Å². The van der Waals surface area contributed by atoms with Gasteiger partial charge in [0.15, 0.2) is 0 Å². The zero-order valence-corrected chi connectivity index (χ0v) is 13.3. The second-order valence-electron chi connectivity index (χ2n) is 5.55. The number of rotatable bonds is 3. The van der Waals surface area contributed by atoms with Gasteiger partial charge in [-0.15, -0.1) is 11.8 Å². The van der Waals surface area contributed by atoms with Gasteiger partial charge in [-0.05, 0) is 31.5 Å². The predicted molar refractivity (Wildman–Crippen MR) is 86.6 cm³/mol. The van der Waals surface area contributed by atoms with E-state index in [9.17, 15) is 9.59 Å². The summed E-state index contributed by atoms with van der Waals surface area (Å²) in [6, 6.07) is 5.47. The van der Waals surface area contributed by atoms with Crippen molar-refractivity contribution >= 4 is 23.3 Å². The molecule has 116 valence electrons. The molecule has 22 heavy (non-hydrogen) atoms. The van der Waals surface area contributed by atoms with Crippen LogP contribution in [0.25, 0.3) is 5.65 Å². The van der Waals surface area contributed by atoms with Gasteiger partial charge in [0.2, 0.25) is 5.91 Å². The van der Waals surface area contributed by atoms with Gasteiger partial charge >= 0.3 is 0 Å². The number of thioether (sulfide) groups is 1. The van der Waals surface area contributed by atoms with E-state index in [0.29, 0.717) is 17.8 Å². The molecule has 0 spiro atoms. The molecule has 2 N–H and O–H groups in total. The van der Waals surface area contributed by atoms with Crippen LogP contribution in [0.2, 0.25) is 0 Å². The fourth-order valence-electron chi connectivity index (χ4n) is 2.43. The summed E-state index contributed by atoms with van der Waals surface area (Å²) in [7, 11) is 0. The molecule has 0 aromatic carbocycles. The normalized spacial score (nSPS) is 21.8. The molecule has 6 nitrogen and oxygen atoms in total. The van der Waals surface area contributed by atoms with Crippen LogP contribution in [-0.2, 0) is 10.5 Å². The van der Waals surface area contributed by atoms with Gasteiger partial charge in [0.25, 0.3) is 5.56 Å². The highest BCUT2D eigenvalue weighted by molar-refractivity contribution is 7.99. The molecular formula is C15H18N4O2S. The first kappa shape index (κ1) is 15.1. The van der Waals surface area contributed by atoms with E-state index in [2.05, 4.69) is 15.6 Å². The van der Waals surface area contributed by atoms with E-state index >= 15 is 0 Å². The number of carbonyl (C=O) groups is 1. The lowest BCUT2D eigenvalue weighted by atomic mass is 10.2. The Hall–Kier alpha value is -1.86. The van der Waals surface area contributed by atoms with Crippen LogP contribution < -0.4 is 16.2 Å². The van der Waals surface area contributed by atoms with Crippen LogP contribution in [0.3, 0.4) is 0 Å². The summed E-state index contributed by atoms with van der Waals surface area (Å²) in [5, 5.41) is 6.18. The smallest absolute Gasteiger partial charge is 0.258 e. The molecule has 2 aromatic rings. The summed E-state index contributed by atoms with van der Waals surface area (Å²) in [5.74, 6) is 0.607. The van der Waals surface area contributed by atoms with E-state index in [4.69, 9.17) is 0 Å². The molecular weight excluding hydrogens is 300 g/mol. The van der Waals surface area contributed by atoms with Crippen LogP contribution in [0.5, 0.6) is 0 Å². The van der Waals surface area contributed by atoms with Gasteiger partial charge in [-0.25, -0.2) is 4.98 Å². The number of nitrogens with one attached hydrogen (secondary N) is 2. The zero-order chi connectivity index (χ0) is 15.7. The number of fused-ring (bicyclic) bond motifs is 1. The summed E-state index contributed by atoms with van der Waals surface area (Å²) in [6.07, 6.45) is 2.23. The average molecular weight is 318 g/mol. The molecule has 1 amide bonds. The van der Waals surface area contributed by atoms with Crippen molar-refractivity contribution in [3.05, 3.63) is 46.0 Å². The third-order valence-corrected chi connectivity index (χ3v) is 4.54. The van der Waals surface area contributed by atoms with Crippen molar-refractivity contribution in [3.8, 4) is 0 Å². The second-order valence-corrected chi connectivity index (χ2v) is 6.64. The highest BCUT2D eigenvalue weighted by Gasteiger charge is 2.22. The molecule has 2 atom stereocenters. The maximum atomic E-state index is 12.1. The number of hydrogen-bond donors (Lipinski definition) is 2. The van der Waals surface area contributed by atoms with Gasteiger partial charge in [-0.1, -0.05) is 0 Å². The van der Waals surface area contributed by atoms with Crippen LogP contribution >= 0.6 is 11.8 Å². The molecule has 2 aromatic heterocycles. The van der Waals surface area contributed by atoms with Gasteiger partial charge in [0.05, 0.1) is 5.69 Å². The summed E-state index contributed by atoms with van der Waals surface area (Å²) in [4.78, 5) is 28.1. The average Bonchev–Trinajstić information content (AvgIpc) is 2.43. The van der Waals surface area contributed by atoms with Crippen molar-refractivity contribution in [3.63, 3.8) is 0 Å². The van der Waals surface area contributed by atoms with Crippen molar-refractivity contribution < 1.29 is 4.79 Å². The number of hydrogen-bond acceptors (Lipinski definition) is 5. The van der Waals surface area contributed by atoms with Gasteiger partial charge in [0, 0.05) is 30.5 Å². The Morgan fingerprint density at radius 2 is 2.23 bits per heavy atom. The van der Waals surface area contributed by atoms with Gasteiger partial charge < -0.3 is 5.32 Å². The summed E-state index contributed by atoms with van der Waals surface area (Å²) >= 11 is 1.53. The Morgan fingerprint density at radius 1 is 1.41 bits per heavy atom. The Balaban J connectivity index is 1.76. The van der Waals surface area contributed by atoms with E-state index in [1.165, 1.54) is 16.2 Å². The van der Waals surface area contributed by atoms with Crippen molar-refractivity contribution in [1.82, 2.24) is 20.0 Å². The van der Waals surface area contributed by atoms with Crippen LogP contribution in [0, 0.1) is 6.92 Å². The first-order chi connectivity index (χ1) is 10.5. The molecule has 7 heteroatoms. The molecule has 0 saturated carbocycles. The fraction of sp³-hybridized carbons (Fsp3) is 0.400. The monoisotopic (exact) mass is 318 g/mol. The molecule has 2 unspecified atom stereocenters. The molecule has 1 saturated heterocycles. The van der Waals surface area contributed by atoms with Gasteiger partial charge in [-0.2, -0.15) is 0 Å². The maximum Gasteiger partial charge on any atom is 0.258 e. The summed E-state index contributed by atoms with van der Waals surface area (Å²) in [6.45, 7) is 3.95. The fourth-order valence-corrected chi connectivity index (χ4v) is 3.46. The van der Waals surface area contributed by atoms with Crippen molar-refractivity contribution in [2.45, 2.75) is 37.6 Å². The first-order valence-electron chi connectivity index (χ1n) is 7.17. The number of carbonyl (C=O) groups excluding carboxylic acids is 1. The van der Waals surface area contributed by atoms with Gasteiger partial charge in [0.1, 0.15) is 11.1 Å². The lowest BCUT2D eigenvalue weighted by Gasteiger charge is -2.28. The lowest BCUT2D eigenvalue weighted by Crippen LogP contribution is -2.53. The molecule has 1 aliphatic rings. The predicted octanol–water partition coefficient (Wildman–Crippen LogP) is 1.02. The molecule has 0 radical (unpaired) electrons. The van der Waals surface area contributed by atoms with E-state index in [1.54, 1.807) is 12.3 Å². The molecule has 1 aliphatic heterocycles. The first-order valence-corrected chi connectivity index (χ1v) is 8.22. The third kappa shape index (κ3) is 3.31. The van der Waals surface area contributed by atoms with Gasteiger partial charge in [-0.3, -0.25) is 19.3 Å². The van der Waals surface area contributed by atoms with E-state index in [-0.39, 0.29) is 23.0 Å². The molecule has 0 bridgehead atoms. The van der Waals surface area contributed by atoms with Crippen LogP contribution in [0.15, 0.2) is 29.2 Å². The minimum Gasteiger partial charge on any atom is -0.332 e. The Morgan fingerprint density at radius 3 is 3.00 bits per heavy atom. The van der Waals surface area contributed by atoms with E-state index in [1.807, 2.05) is 26.0 Å². The Bertz CT molecular complexity index is 774. The number of amides is 1. The number of pyridine rings is 1. The quantitative estimate of drug-likeness (QED) is 0.884. The molecule has 0 aliphatic carbocycles. The maximum absolute atomic E-state index is 12.1. The third-order valence-electron chi connectivity index (χ3n) is 3.49.